The van der Waals surface area contributed by atoms with E-state index in [0.29, 0.717) is 18.8 Å². The Hall–Kier alpha value is -1.19. The van der Waals surface area contributed by atoms with Crippen LogP contribution in [0.1, 0.15) is 28.8 Å². The van der Waals surface area contributed by atoms with Crippen molar-refractivity contribution >= 4 is 6.29 Å². The van der Waals surface area contributed by atoms with Gasteiger partial charge in [-0.1, -0.05) is 18.2 Å². The fourth-order valence-electron chi connectivity index (χ4n) is 1.84. The molecule has 86 valence electrons. The molecule has 0 saturated carbocycles. The van der Waals surface area contributed by atoms with E-state index in [4.69, 9.17) is 9.47 Å². The predicted molar refractivity (Wildman–Crippen MR) is 60.5 cm³/mol. The van der Waals surface area contributed by atoms with Crippen LogP contribution in [0.3, 0.4) is 0 Å². The molecule has 0 bridgehead atoms. The van der Waals surface area contributed by atoms with Crippen molar-refractivity contribution in [2.24, 2.45) is 0 Å². The van der Waals surface area contributed by atoms with Gasteiger partial charge in [0.1, 0.15) is 6.29 Å². The smallest absolute Gasteiger partial charge is 0.150 e. The van der Waals surface area contributed by atoms with Crippen molar-refractivity contribution in [3.63, 3.8) is 0 Å². The summed E-state index contributed by atoms with van der Waals surface area (Å²) in [4.78, 5) is 10.6. The minimum atomic E-state index is 0.259. The van der Waals surface area contributed by atoms with Crippen LogP contribution in [0.15, 0.2) is 24.3 Å². The number of rotatable bonds is 5. The summed E-state index contributed by atoms with van der Waals surface area (Å²) >= 11 is 0. The van der Waals surface area contributed by atoms with Gasteiger partial charge in [0, 0.05) is 12.2 Å². The second-order valence-electron chi connectivity index (χ2n) is 4.01. The lowest BCUT2D eigenvalue weighted by molar-refractivity contribution is 0.0106. The summed E-state index contributed by atoms with van der Waals surface area (Å²) in [5.41, 5.74) is 1.72. The number of hydrogen-bond donors (Lipinski definition) is 0. The molecule has 1 unspecified atom stereocenters. The zero-order chi connectivity index (χ0) is 11.2. The van der Waals surface area contributed by atoms with E-state index in [2.05, 4.69) is 0 Å². The molecular formula is C13H16O3. The van der Waals surface area contributed by atoms with Gasteiger partial charge in [0.05, 0.1) is 19.3 Å². The molecule has 0 aliphatic carbocycles. The van der Waals surface area contributed by atoms with Crippen LogP contribution in [0.4, 0.5) is 0 Å². The van der Waals surface area contributed by atoms with Crippen LogP contribution in [-0.4, -0.2) is 25.6 Å². The molecule has 16 heavy (non-hydrogen) atoms. The molecule has 0 radical (unpaired) electrons. The largest absolute Gasteiger partial charge is 0.376 e. The third-order valence-corrected chi connectivity index (χ3v) is 2.68. The van der Waals surface area contributed by atoms with E-state index in [1.165, 1.54) is 0 Å². The van der Waals surface area contributed by atoms with Crippen LogP contribution in [0.25, 0.3) is 0 Å². The lowest BCUT2D eigenvalue weighted by atomic mass is 10.1. The first-order valence-electron chi connectivity index (χ1n) is 5.62. The van der Waals surface area contributed by atoms with E-state index in [-0.39, 0.29) is 6.10 Å². The van der Waals surface area contributed by atoms with Gasteiger partial charge in [0.15, 0.2) is 0 Å². The Morgan fingerprint density at radius 2 is 2.44 bits per heavy atom. The summed E-state index contributed by atoms with van der Waals surface area (Å²) < 4.78 is 11.0. The first kappa shape index (κ1) is 11.3. The highest BCUT2D eigenvalue weighted by atomic mass is 16.5. The molecule has 1 saturated heterocycles. The highest BCUT2D eigenvalue weighted by molar-refractivity contribution is 5.74. The number of hydrogen-bond acceptors (Lipinski definition) is 3. The van der Waals surface area contributed by atoms with Gasteiger partial charge in [-0.3, -0.25) is 4.79 Å². The van der Waals surface area contributed by atoms with Gasteiger partial charge in [-0.2, -0.15) is 0 Å². The molecule has 1 aromatic rings. The molecule has 0 spiro atoms. The standard InChI is InChI=1S/C13H16O3/c14-8-11-3-1-4-12(7-11)9-15-10-13-5-2-6-16-13/h1,3-4,7-8,13H,2,5-6,9-10H2. The van der Waals surface area contributed by atoms with Gasteiger partial charge in [-0.05, 0) is 24.5 Å². The van der Waals surface area contributed by atoms with Crippen molar-refractivity contribution in [2.75, 3.05) is 13.2 Å². The lowest BCUT2D eigenvalue weighted by Gasteiger charge is -2.10. The van der Waals surface area contributed by atoms with E-state index in [9.17, 15) is 4.79 Å². The molecular weight excluding hydrogens is 204 g/mol. The number of benzene rings is 1. The minimum absolute atomic E-state index is 0.259. The Bertz CT molecular complexity index is 343. The first-order valence-corrected chi connectivity index (χ1v) is 5.62. The van der Waals surface area contributed by atoms with Gasteiger partial charge in [-0.25, -0.2) is 0 Å². The molecule has 1 atom stereocenters. The predicted octanol–water partition coefficient (Wildman–Crippen LogP) is 2.19. The normalized spacial score (nSPS) is 19.9. The minimum Gasteiger partial charge on any atom is -0.376 e. The van der Waals surface area contributed by atoms with Crippen molar-refractivity contribution in [2.45, 2.75) is 25.6 Å². The zero-order valence-electron chi connectivity index (χ0n) is 9.22. The van der Waals surface area contributed by atoms with Gasteiger partial charge >= 0.3 is 0 Å². The topological polar surface area (TPSA) is 35.5 Å². The molecule has 1 fully saturated rings. The van der Waals surface area contributed by atoms with E-state index >= 15 is 0 Å². The Balaban J connectivity index is 1.77. The molecule has 1 aliphatic heterocycles. The Morgan fingerprint density at radius 3 is 3.19 bits per heavy atom. The van der Waals surface area contributed by atoms with Crippen LogP contribution in [0.5, 0.6) is 0 Å². The van der Waals surface area contributed by atoms with Crippen molar-refractivity contribution in [3.8, 4) is 0 Å². The molecule has 0 aromatic heterocycles. The maximum atomic E-state index is 10.6. The van der Waals surface area contributed by atoms with Crippen molar-refractivity contribution in [1.29, 1.82) is 0 Å². The number of ether oxygens (including phenoxy) is 2. The number of carbonyl (C=O) groups excluding carboxylic acids is 1. The van der Waals surface area contributed by atoms with Gasteiger partial charge in [0.2, 0.25) is 0 Å². The third-order valence-electron chi connectivity index (χ3n) is 2.68. The molecule has 0 amide bonds. The first-order chi connectivity index (χ1) is 7.88. The summed E-state index contributed by atoms with van der Waals surface area (Å²) in [5, 5.41) is 0. The number of carbonyl (C=O) groups is 1. The SMILES string of the molecule is O=Cc1cccc(COCC2CCCO2)c1. The van der Waals surface area contributed by atoms with Crippen LogP contribution < -0.4 is 0 Å². The summed E-state index contributed by atoms with van der Waals surface area (Å²) in [5.74, 6) is 0. The molecule has 1 heterocycles. The monoisotopic (exact) mass is 220 g/mol. The van der Waals surface area contributed by atoms with Crippen molar-refractivity contribution in [3.05, 3.63) is 35.4 Å². The summed E-state index contributed by atoms with van der Waals surface area (Å²) in [6.07, 6.45) is 3.33. The van der Waals surface area contributed by atoms with Crippen LogP contribution in [-0.2, 0) is 16.1 Å². The second kappa shape index (κ2) is 5.77. The lowest BCUT2D eigenvalue weighted by Crippen LogP contribution is -2.13. The average Bonchev–Trinajstić information content (AvgIpc) is 2.82. The Morgan fingerprint density at radius 1 is 1.50 bits per heavy atom. The van der Waals surface area contributed by atoms with E-state index in [1.54, 1.807) is 6.07 Å². The average molecular weight is 220 g/mol. The van der Waals surface area contributed by atoms with E-state index in [0.717, 1.165) is 31.3 Å². The molecule has 3 heteroatoms. The molecule has 1 aliphatic rings. The summed E-state index contributed by atoms with van der Waals surface area (Å²) in [6, 6.07) is 7.47. The third kappa shape index (κ3) is 3.15. The molecule has 3 nitrogen and oxygen atoms in total. The summed E-state index contributed by atoms with van der Waals surface area (Å²) in [7, 11) is 0. The number of aldehydes is 1. The second-order valence-corrected chi connectivity index (χ2v) is 4.01. The maximum absolute atomic E-state index is 10.6. The highest BCUT2D eigenvalue weighted by Gasteiger charge is 2.15. The molecule has 1 aromatic carbocycles. The summed E-state index contributed by atoms with van der Waals surface area (Å²) in [6.45, 7) is 2.04. The van der Waals surface area contributed by atoms with Gasteiger partial charge in [-0.15, -0.1) is 0 Å². The fraction of sp³-hybridized carbons (Fsp3) is 0.462. The van der Waals surface area contributed by atoms with Crippen molar-refractivity contribution < 1.29 is 14.3 Å². The highest BCUT2D eigenvalue weighted by Crippen LogP contribution is 2.13. The van der Waals surface area contributed by atoms with E-state index < -0.39 is 0 Å². The van der Waals surface area contributed by atoms with Crippen LogP contribution in [0, 0.1) is 0 Å². The van der Waals surface area contributed by atoms with E-state index in [1.807, 2.05) is 18.2 Å². The van der Waals surface area contributed by atoms with Crippen molar-refractivity contribution in [1.82, 2.24) is 0 Å². The Labute approximate surface area is 95.4 Å². The van der Waals surface area contributed by atoms with Gasteiger partial charge in [0.25, 0.3) is 0 Å². The zero-order valence-corrected chi connectivity index (χ0v) is 9.22. The van der Waals surface area contributed by atoms with Crippen LogP contribution >= 0.6 is 0 Å². The van der Waals surface area contributed by atoms with Crippen LogP contribution in [0.2, 0.25) is 0 Å². The molecule has 0 N–H and O–H groups in total. The molecule has 2 rings (SSSR count). The quantitative estimate of drug-likeness (QED) is 0.713. The maximum Gasteiger partial charge on any atom is 0.150 e. The van der Waals surface area contributed by atoms with Gasteiger partial charge < -0.3 is 9.47 Å². The fourth-order valence-corrected chi connectivity index (χ4v) is 1.84. The Kier molecular flexibility index (Phi) is 4.08.